The molecule has 0 aliphatic heterocycles. The first-order chi connectivity index (χ1) is 8.97. The van der Waals surface area contributed by atoms with E-state index >= 15 is 0 Å². The normalized spacial score (nSPS) is 13.7. The molecule has 0 aromatic heterocycles. The third-order valence-electron chi connectivity index (χ3n) is 3.36. The smallest absolute Gasteiger partial charge is 0.251 e. The number of rotatable bonds is 6. The minimum atomic E-state index is -0.110. The van der Waals surface area contributed by atoms with Crippen molar-refractivity contribution >= 4 is 11.6 Å². The van der Waals surface area contributed by atoms with Gasteiger partial charge in [-0.25, -0.2) is 0 Å². The second-order valence-electron chi connectivity index (χ2n) is 4.87. The Bertz CT molecular complexity index is 432. The number of nitrogen functional groups attached to an aromatic ring is 1. The summed E-state index contributed by atoms with van der Waals surface area (Å²) in [5.41, 5.74) is 6.86. The predicted molar refractivity (Wildman–Crippen MR) is 78.4 cm³/mol. The molecule has 4 nitrogen and oxygen atoms in total. The van der Waals surface area contributed by atoms with E-state index in [-0.39, 0.29) is 11.9 Å². The molecule has 0 heterocycles. The van der Waals surface area contributed by atoms with E-state index in [4.69, 9.17) is 10.5 Å². The van der Waals surface area contributed by atoms with Crippen LogP contribution in [-0.2, 0) is 0 Å². The molecule has 2 atom stereocenters. The first-order valence-corrected chi connectivity index (χ1v) is 6.82. The highest BCUT2D eigenvalue weighted by atomic mass is 16.5. The van der Waals surface area contributed by atoms with Gasteiger partial charge in [-0.05, 0) is 31.9 Å². The van der Waals surface area contributed by atoms with Crippen molar-refractivity contribution in [2.24, 2.45) is 5.92 Å². The van der Waals surface area contributed by atoms with Gasteiger partial charge in [-0.15, -0.1) is 0 Å². The summed E-state index contributed by atoms with van der Waals surface area (Å²) in [4.78, 5) is 12.2. The van der Waals surface area contributed by atoms with Gasteiger partial charge in [0.2, 0.25) is 0 Å². The number of amides is 1. The maximum atomic E-state index is 12.2. The number of carbonyl (C=O) groups is 1. The lowest BCUT2D eigenvalue weighted by Gasteiger charge is -2.20. The molecule has 0 aliphatic rings. The Morgan fingerprint density at radius 3 is 2.58 bits per heavy atom. The molecule has 1 aromatic rings. The van der Waals surface area contributed by atoms with Crippen molar-refractivity contribution < 1.29 is 9.53 Å². The Labute approximate surface area is 115 Å². The lowest BCUT2D eigenvalue weighted by Crippen LogP contribution is -2.36. The van der Waals surface area contributed by atoms with Crippen molar-refractivity contribution in [1.82, 2.24) is 5.32 Å². The molecule has 0 saturated carbocycles. The van der Waals surface area contributed by atoms with E-state index in [9.17, 15) is 4.79 Å². The molecule has 4 heteroatoms. The van der Waals surface area contributed by atoms with Crippen LogP contribution < -0.4 is 15.8 Å². The molecule has 0 radical (unpaired) electrons. The number of carbonyl (C=O) groups excluding carboxylic acids is 1. The van der Waals surface area contributed by atoms with Gasteiger partial charge in [-0.3, -0.25) is 4.79 Å². The predicted octanol–water partition coefficient (Wildman–Crippen LogP) is 2.83. The summed E-state index contributed by atoms with van der Waals surface area (Å²) in [5.74, 6) is 0.960. The van der Waals surface area contributed by atoms with Gasteiger partial charge in [0.05, 0.1) is 6.61 Å². The van der Waals surface area contributed by atoms with Gasteiger partial charge in [0, 0.05) is 23.4 Å². The van der Waals surface area contributed by atoms with Crippen molar-refractivity contribution in [1.29, 1.82) is 0 Å². The van der Waals surface area contributed by atoms with Crippen LogP contribution in [0.5, 0.6) is 5.75 Å². The van der Waals surface area contributed by atoms with Gasteiger partial charge in [0.25, 0.3) is 5.91 Å². The zero-order chi connectivity index (χ0) is 14.4. The average Bonchev–Trinajstić information content (AvgIpc) is 2.37. The van der Waals surface area contributed by atoms with E-state index in [0.29, 0.717) is 29.5 Å². The molecule has 1 amide bonds. The van der Waals surface area contributed by atoms with Crippen LogP contribution in [0.25, 0.3) is 0 Å². The van der Waals surface area contributed by atoms with Gasteiger partial charge in [0.1, 0.15) is 5.75 Å². The largest absolute Gasteiger partial charge is 0.494 e. The molecule has 2 unspecified atom stereocenters. The third kappa shape index (κ3) is 4.47. The quantitative estimate of drug-likeness (QED) is 0.776. The average molecular weight is 264 g/mol. The van der Waals surface area contributed by atoms with Crippen LogP contribution in [0.15, 0.2) is 18.2 Å². The fraction of sp³-hybridized carbons (Fsp3) is 0.533. The molecule has 3 N–H and O–H groups in total. The fourth-order valence-electron chi connectivity index (χ4n) is 1.79. The summed E-state index contributed by atoms with van der Waals surface area (Å²) in [7, 11) is 0. The van der Waals surface area contributed by atoms with E-state index in [1.165, 1.54) is 0 Å². The standard InChI is InChI=1S/C15H24N2O2/c1-5-10(3)11(4)17-15(18)12-7-13(16)9-14(8-12)19-6-2/h7-11H,5-6,16H2,1-4H3,(H,17,18). The molecular formula is C15H24N2O2. The molecule has 0 spiro atoms. The zero-order valence-corrected chi connectivity index (χ0v) is 12.2. The Kier molecular flexibility index (Phi) is 5.67. The number of anilines is 1. The molecule has 0 fully saturated rings. The maximum Gasteiger partial charge on any atom is 0.251 e. The number of hydrogen-bond donors (Lipinski definition) is 2. The lowest BCUT2D eigenvalue weighted by atomic mass is 10.0. The Balaban J connectivity index is 2.81. The first-order valence-electron chi connectivity index (χ1n) is 6.82. The summed E-state index contributed by atoms with van der Waals surface area (Å²) in [6, 6.07) is 5.24. The van der Waals surface area contributed by atoms with Crippen molar-refractivity contribution in [3.05, 3.63) is 23.8 Å². The molecule has 1 rings (SSSR count). The van der Waals surface area contributed by atoms with Crippen LogP contribution in [0.1, 0.15) is 44.5 Å². The minimum Gasteiger partial charge on any atom is -0.494 e. The van der Waals surface area contributed by atoms with Gasteiger partial charge >= 0.3 is 0 Å². The van der Waals surface area contributed by atoms with Crippen molar-refractivity contribution in [2.75, 3.05) is 12.3 Å². The summed E-state index contributed by atoms with van der Waals surface area (Å²) >= 11 is 0. The Morgan fingerprint density at radius 1 is 1.32 bits per heavy atom. The van der Waals surface area contributed by atoms with Crippen molar-refractivity contribution in [3.63, 3.8) is 0 Å². The van der Waals surface area contributed by atoms with Crippen LogP contribution in [-0.4, -0.2) is 18.6 Å². The second kappa shape index (κ2) is 7.02. The van der Waals surface area contributed by atoms with E-state index in [1.807, 2.05) is 13.8 Å². The van der Waals surface area contributed by atoms with Crippen molar-refractivity contribution in [2.45, 2.75) is 40.2 Å². The first kappa shape index (κ1) is 15.3. The van der Waals surface area contributed by atoms with E-state index in [2.05, 4.69) is 19.2 Å². The minimum absolute atomic E-state index is 0.110. The van der Waals surface area contributed by atoms with Crippen LogP contribution >= 0.6 is 0 Å². The van der Waals surface area contributed by atoms with Crippen LogP contribution in [0.3, 0.4) is 0 Å². The number of ether oxygens (including phenoxy) is 1. The second-order valence-corrected chi connectivity index (χ2v) is 4.87. The summed E-state index contributed by atoms with van der Waals surface area (Å²) in [6.07, 6.45) is 1.03. The monoisotopic (exact) mass is 264 g/mol. The molecule has 0 saturated heterocycles. The maximum absolute atomic E-state index is 12.2. The van der Waals surface area contributed by atoms with Gasteiger partial charge in [-0.2, -0.15) is 0 Å². The number of benzene rings is 1. The summed E-state index contributed by atoms with van der Waals surface area (Å²) < 4.78 is 5.39. The number of nitrogens with one attached hydrogen (secondary N) is 1. The van der Waals surface area contributed by atoms with Gasteiger partial charge < -0.3 is 15.8 Å². The fourth-order valence-corrected chi connectivity index (χ4v) is 1.79. The molecular weight excluding hydrogens is 240 g/mol. The van der Waals surface area contributed by atoms with Gasteiger partial charge in [0.15, 0.2) is 0 Å². The summed E-state index contributed by atoms with van der Waals surface area (Å²) in [5, 5.41) is 2.99. The SMILES string of the molecule is CCOc1cc(N)cc(C(=O)NC(C)C(C)CC)c1. The van der Waals surface area contributed by atoms with Crippen molar-refractivity contribution in [3.8, 4) is 5.75 Å². The molecule has 19 heavy (non-hydrogen) atoms. The van der Waals surface area contributed by atoms with Crippen LogP contribution in [0.4, 0.5) is 5.69 Å². The third-order valence-corrected chi connectivity index (χ3v) is 3.36. The van der Waals surface area contributed by atoms with Crippen LogP contribution in [0, 0.1) is 5.92 Å². The van der Waals surface area contributed by atoms with E-state index in [1.54, 1.807) is 18.2 Å². The number of hydrogen-bond acceptors (Lipinski definition) is 3. The Hall–Kier alpha value is -1.71. The topological polar surface area (TPSA) is 64.3 Å². The molecule has 1 aromatic carbocycles. The van der Waals surface area contributed by atoms with E-state index in [0.717, 1.165) is 6.42 Å². The molecule has 106 valence electrons. The van der Waals surface area contributed by atoms with Gasteiger partial charge in [-0.1, -0.05) is 20.3 Å². The highest BCUT2D eigenvalue weighted by Crippen LogP contribution is 2.19. The zero-order valence-electron chi connectivity index (χ0n) is 12.2. The number of nitrogens with two attached hydrogens (primary N) is 1. The Morgan fingerprint density at radius 2 is 2.00 bits per heavy atom. The highest BCUT2D eigenvalue weighted by Gasteiger charge is 2.15. The van der Waals surface area contributed by atoms with E-state index < -0.39 is 0 Å². The van der Waals surface area contributed by atoms with Crippen LogP contribution in [0.2, 0.25) is 0 Å². The summed E-state index contributed by atoms with van der Waals surface area (Å²) in [6.45, 7) is 8.69. The highest BCUT2D eigenvalue weighted by molar-refractivity contribution is 5.95. The lowest BCUT2D eigenvalue weighted by molar-refractivity contribution is 0.0927. The molecule has 0 aliphatic carbocycles. The molecule has 0 bridgehead atoms.